The molecule has 0 saturated carbocycles. The van der Waals surface area contributed by atoms with Crippen LogP contribution < -0.4 is 15.4 Å². The maximum Gasteiger partial charge on any atom is 0.324 e. The third-order valence-corrected chi connectivity index (χ3v) is 2.96. The molecule has 2 amide bonds. The quantitative estimate of drug-likeness (QED) is 0.664. The first kappa shape index (κ1) is 15.1. The van der Waals surface area contributed by atoms with Gasteiger partial charge in [-0.15, -0.1) is 0 Å². The van der Waals surface area contributed by atoms with Crippen LogP contribution in [0.2, 0.25) is 0 Å². The Hall–Kier alpha value is -3.29. The average Bonchev–Trinajstić information content (AvgIpc) is 2.49. The van der Waals surface area contributed by atoms with Crippen LogP contribution in [0.25, 0.3) is 0 Å². The molecule has 0 spiro atoms. The Morgan fingerprint density at radius 3 is 2.50 bits per heavy atom. The summed E-state index contributed by atoms with van der Waals surface area (Å²) in [7, 11) is 1.42. The van der Waals surface area contributed by atoms with Crippen LogP contribution >= 0.6 is 0 Å². The van der Waals surface area contributed by atoms with E-state index in [9.17, 15) is 20.0 Å². The molecule has 0 aliphatic heterocycles. The predicted molar refractivity (Wildman–Crippen MR) is 79.5 cm³/mol. The number of nitro groups is 1. The van der Waals surface area contributed by atoms with Crippen LogP contribution in [0.3, 0.4) is 0 Å². The van der Waals surface area contributed by atoms with Gasteiger partial charge in [0.15, 0.2) is 0 Å². The van der Waals surface area contributed by atoms with E-state index in [2.05, 4.69) is 0 Å². The smallest absolute Gasteiger partial charge is 0.324 e. The van der Waals surface area contributed by atoms with E-state index in [1.165, 1.54) is 19.2 Å². The van der Waals surface area contributed by atoms with Crippen LogP contribution in [0, 0.1) is 10.1 Å². The fourth-order valence-electron chi connectivity index (χ4n) is 2.00. The molecule has 0 bridgehead atoms. The number of aromatic hydroxyl groups is 1. The number of urea groups is 1. The van der Waals surface area contributed by atoms with Crippen molar-refractivity contribution < 1.29 is 19.6 Å². The van der Waals surface area contributed by atoms with Gasteiger partial charge >= 0.3 is 6.03 Å². The molecule has 0 aliphatic rings. The summed E-state index contributed by atoms with van der Waals surface area (Å²) in [6.07, 6.45) is 0. The number of benzene rings is 2. The highest BCUT2D eigenvalue weighted by molar-refractivity contribution is 6.01. The van der Waals surface area contributed by atoms with Crippen molar-refractivity contribution in [3.8, 4) is 11.5 Å². The minimum Gasteiger partial charge on any atom is -0.505 e. The normalized spacial score (nSPS) is 10.0. The number of non-ortho nitro benzene ring substituents is 1. The molecule has 3 N–H and O–H groups in total. The van der Waals surface area contributed by atoms with Gasteiger partial charge in [-0.2, -0.15) is 0 Å². The zero-order valence-electron chi connectivity index (χ0n) is 11.6. The number of anilines is 2. The lowest BCUT2D eigenvalue weighted by Gasteiger charge is -2.23. The van der Waals surface area contributed by atoms with Crippen LogP contribution in [0.4, 0.5) is 21.9 Å². The largest absolute Gasteiger partial charge is 0.505 e. The van der Waals surface area contributed by atoms with E-state index in [4.69, 9.17) is 10.5 Å². The minimum atomic E-state index is -0.867. The predicted octanol–water partition coefficient (Wildman–Crippen LogP) is 2.53. The summed E-state index contributed by atoms with van der Waals surface area (Å²) < 4.78 is 5.16. The molecule has 0 heterocycles. The molecule has 114 valence electrons. The Bertz CT molecular complexity index is 732. The summed E-state index contributed by atoms with van der Waals surface area (Å²) in [5, 5.41) is 20.7. The van der Waals surface area contributed by atoms with E-state index in [0.29, 0.717) is 11.4 Å². The number of carbonyl (C=O) groups excluding carboxylic acids is 1. The second kappa shape index (κ2) is 6.00. The topological polar surface area (TPSA) is 119 Å². The first-order valence-electron chi connectivity index (χ1n) is 6.15. The number of carbonyl (C=O) groups is 1. The summed E-state index contributed by atoms with van der Waals surface area (Å²) >= 11 is 0. The third kappa shape index (κ3) is 2.75. The zero-order chi connectivity index (χ0) is 16.3. The van der Waals surface area contributed by atoms with Crippen molar-refractivity contribution in [2.45, 2.75) is 0 Å². The molecule has 8 heteroatoms. The third-order valence-electron chi connectivity index (χ3n) is 2.96. The van der Waals surface area contributed by atoms with Crippen molar-refractivity contribution in [1.29, 1.82) is 0 Å². The fourth-order valence-corrected chi connectivity index (χ4v) is 2.00. The van der Waals surface area contributed by atoms with Gasteiger partial charge in [0.1, 0.15) is 11.5 Å². The number of para-hydroxylation sites is 2. The van der Waals surface area contributed by atoms with Gasteiger partial charge in [-0.1, -0.05) is 12.1 Å². The molecule has 0 saturated heterocycles. The van der Waals surface area contributed by atoms with E-state index in [1.807, 2.05) is 0 Å². The molecule has 2 aromatic carbocycles. The van der Waals surface area contributed by atoms with Crippen LogP contribution in [-0.4, -0.2) is 23.2 Å². The van der Waals surface area contributed by atoms with Crippen molar-refractivity contribution in [2.24, 2.45) is 5.73 Å². The highest BCUT2D eigenvalue weighted by Crippen LogP contribution is 2.39. The number of ether oxygens (including phenoxy) is 1. The number of hydrogen-bond donors (Lipinski definition) is 2. The Balaban J connectivity index is 2.58. The molecular weight excluding hydrogens is 290 g/mol. The van der Waals surface area contributed by atoms with E-state index >= 15 is 0 Å². The van der Waals surface area contributed by atoms with Crippen molar-refractivity contribution in [3.05, 3.63) is 52.6 Å². The van der Waals surface area contributed by atoms with Gasteiger partial charge < -0.3 is 15.6 Å². The van der Waals surface area contributed by atoms with Gasteiger partial charge in [0, 0.05) is 6.07 Å². The molecule has 0 aromatic heterocycles. The monoisotopic (exact) mass is 303 g/mol. The number of primary amides is 1. The molecule has 8 nitrogen and oxygen atoms in total. The van der Waals surface area contributed by atoms with Crippen molar-refractivity contribution in [3.63, 3.8) is 0 Å². The number of amides is 2. The van der Waals surface area contributed by atoms with Crippen molar-refractivity contribution in [1.82, 2.24) is 0 Å². The Labute approximate surface area is 125 Å². The second-order valence-electron chi connectivity index (χ2n) is 4.28. The van der Waals surface area contributed by atoms with Gasteiger partial charge in [-0.3, -0.25) is 15.0 Å². The van der Waals surface area contributed by atoms with Crippen LogP contribution in [0.15, 0.2) is 42.5 Å². The fraction of sp³-hybridized carbons (Fsp3) is 0.0714. The van der Waals surface area contributed by atoms with Gasteiger partial charge in [-0.05, 0) is 18.2 Å². The molecule has 0 atom stereocenters. The number of methoxy groups -OCH3 is 1. The van der Waals surface area contributed by atoms with Crippen LogP contribution in [0.1, 0.15) is 0 Å². The zero-order valence-corrected chi connectivity index (χ0v) is 11.6. The molecule has 0 fully saturated rings. The summed E-state index contributed by atoms with van der Waals surface area (Å²) in [4.78, 5) is 22.9. The highest BCUT2D eigenvalue weighted by Gasteiger charge is 2.23. The number of nitro benzene ring substituents is 1. The lowest BCUT2D eigenvalue weighted by Crippen LogP contribution is -2.31. The molecule has 2 rings (SSSR count). The maximum absolute atomic E-state index is 11.8. The van der Waals surface area contributed by atoms with E-state index in [0.717, 1.165) is 11.0 Å². The second-order valence-corrected chi connectivity index (χ2v) is 4.28. The van der Waals surface area contributed by atoms with Crippen molar-refractivity contribution >= 4 is 23.1 Å². The standard InChI is InChI=1S/C14H13N3O5/c1-22-13-5-3-2-4-11(13)16(14(15)19)10-7-6-9(17(20)21)8-12(10)18/h2-8,18H,1H3,(H2,15,19). The van der Waals surface area contributed by atoms with E-state index in [-0.39, 0.29) is 11.4 Å². The summed E-state index contributed by atoms with van der Waals surface area (Å²) in [5.74, 6) is -0.0852. The van der Waals surface area contributed by atoms with Gasteiger partial charge in [-0.25, -0.2) is 4.79 Å². The number of phenolic OH excluding ortho intramolecular Hbond substituents is 1. The first-order valence-corrected chi connectivity index (χ1v) is 6.15. The van der Waals surface area contributed by atoms with Gasteiger partial charge in [0.05, 0.1) is 29.5 Å². The van der Waals surface area contributed by atoms with E-state index < -0.39 is 16.7 Å². The number of phenols is 1. The SMILES string of the molecule is COc1ccccc1N(C(N)=O)c1ccc([N+](=O)[O-])cc1O. The van der Waals surface area contributed by atoms with E-state index in [1.54, 1.807) is 24.3 Å². The van der Waals surface area contributed by atoms with Crippen LogP contribution in [-0.2, 0) is 0 Å². The van der Waals surface area contributed by atoms with Crippen molar-refractivity contribution in [2.75, 3.05) is 12.0 Å². The van der Waals surface area contributed by atoms with Gasteiger partial charge in [0.25, 0.3) is 5.69 Å². The Kier molecular flexibility index (Phi) is 4.12. The Morgan fingerprint density at radius 1 is 1.27 bits per heavy atom. The highest BCUT2D eigenvalue weighted by atomic mass is 16.6. The summed E-state index contributed by atoms with van der Waals surface area (Å²) in [6, 6.07) is 9.05. The number of hydrogen-bond acceptors (Lipinski definition) is 5. The summed E-state index contributed by atoms with van der Waals surface area (Å²) in [5.41, 5.74) is 5.40. The Morgan fingerprint density at radius 2 is 1.95 bits per heavy atom. The molecule has 22 heavy (non-hydrogen) atoms. The maximum atomic E-state index is 11.8. The lowest BCUT2D eigenvalue weighted by molar-refractivity contribution is -0.384. The first-order chi connectivity index (χ1) is 10.5. The molecule has 0 radical (unpaired) electrons. The molecular formula is C14H13N3O5. The summed E-state index contributed by atoms with van der Waals surface area (Å²) in [6.45, 7) is 0. The number of rotatable bonds is 4. The number of nitrogens with two attached hydrogens (primary N) is 1. The van der Waals surface area contributed by atoms with Crippen LogP contribution in [0.5, 0.6) is 11.5 Å². The lowest BCUT2D eigenvalue weighted by atomic mass is 10.2. The molecule has 0 aliphatic carbocycles. The minimum absolute atomic E-state index is 0.0163. The molecule has 0 unspecified atom stereocenters. The van der Waals surface area contributed by atoms with Gasteiger partial charge in [0.2, 0.25) is 0 Å². The number of nitrogens with zero attached hydrogens (tertiary/aromatic N) is 2. The average molecular weight is 303 g/mol. The molecule has 2 aromatic rings.